The van der Waals surface area contributed by atoms with Crippen LogP contribution in [-0.4, -0.2) is 56.5 Å². The van der Waals surface area contributed by atoms with Gasteiger partial charge in [-0.15, -0.1) is 0 Å². The van der Waals surface area contributed by atoms with Crippen molar-refractivity contribution in [3.05, 3.63) is 0 Å². The number of unbranched alkanes of at least 4 members (excludes halogenated alkanes) is 2. The molecule has 1 aliphatic heterocycles. The molecule has 1 saturated heterocycles. The van der Waals surface area contributed by atoms with E-state index in [9.17, 15) is 8.42 Å². The Morgan fingerprint density at radius 3 is 2.72 bits per heavy atom. The highest BCUT2D eigenvalue weighted by molar-refractivity contribution is 7.91. The molecule has 2 atom stereocenters. The van der Waals surface area contributed by atoms with Gasteiger partial charge in [0.05, 0.1) is 11.5 Å². The van der Waals surface area contributed by atoms with E-state index in [-0.39, 0.29) is 6.04 Å². The van der Waals surface area contributed by atoms with Gasteiger partial charge in [0.1, 0.15) is 0 Å². The number of hydrogen-bond donors (Lipinski definition) is 1. The van der Waals surface area contributed by atoms with E-state index in [1.807, 2.05) is 6.92 Å². The topological polar surface area (TPSA) is 49.4 Å². The zero-order valence-electron chi connectivity index (χ0n) is 12.0. The van der Waals surface area contributed by atoms with Gasteiger partial charge in [-0.3, -0.25) is 4.90 Å². The molecular formula is C13H28N2O2S. The predicted molar refractivity (Wildman–Crippen MR) is 76.7 cm³/mol. The first kappa shape index (κ1) is 15.9. The lowest BCUT2D eigenvalue weighted by atomic mass is 10.2. The van der Waals surface area contributed by atoms with E-state index in [1.54, 1.807) is 0 Å². The van der Waals surface area contributed by atoms with Gasteiger partial charge in [-0.05, 0) is 26.8 Å². The second-order valence-electron chi connectivity index (χ2n) is 5.46. The average Bonchev–Trinajstić information content (AvgIpc) is 2.27. The molecule has 1 fully saturated rings. The summed E-state index contributed by atoms with van der Waals surface area (Å²) < 4.78 is 23.0. The summed E-state index contributed by atoms with van der Waals surface area (Å²) in [5, 5.41) is 3.47. The maximum atomic E-state index is 11.5. The summed E-state index contributed by atoms with van der Waals surface area (Å²) >= 11 is 0. The largest absolute Gasteiger partial charge is 0.315 e. The summed E-state index contributed by atoms with van der Waals surface area (Å²) in [6.07, 6.45) is 3.76. The van der Waals surface area contributed by atoms with Crippen LogP contribution < -0.4 is 5.32 Å². The third kappa shape index (κ3) is 5.24. The first-order chi connectivity index (χ1) is 8.46. The number of rotatable bonds is 7. The van der Waals surface area contributed by atoms with Crippen LogP contribution in [0.25, 0.3) is 0 Å². The molecule has 0 aromatic carbocycles. The third-order valence-corrected chi connectivity index (χ3v) is 5.48. The highest BCUT2D eigenvalue weighted by atomic mass is 32.2. The van der Waals surface area contributed by atoms with Crippen LogP contribution in [0.15, 0.2) is 0 Å². The summed E-state index contributed by atoms with van der Waals surface area (Å²) in [6, 6.07) is 0.563. The second-order valence-corrected chi connectivity index (χ2v) is 7.69. The second kappa shape index (κ2) is 7.46. The average molecular weight is 276 g/mol. The highest BCUT2D eigenvalue weighted by Crippen LogP contribution is 2.14. The van der Waals surface area contributed by atoms with Crippen molar-refractivity contribution < 1.29 is 8.42 Å². The lowest BCUT2D eigenvalue weighted by Gasteiger charge is -2.37. The molecule has 5 heteroatoms. The minimum atomic E-state index is -2.79. The molecule has 0 radical (unpaired) electrons. The maximum absolute atomic E-state index is 11.5. The molecule has 0 saturated carbocycles. The van der Waals surface area contributed by atoms with Crippen LogP contribution >= 0.6 is 0 Å². The minimum Gasteiger partial charge on any atom is -0.315 e. The van der Waals surface area contributed by atoms with Crippen molar-refractivity contribution in [2.24, 2.45) is 0 Å². The Kier molecular flexibility index (Phi) is 6.60. The van der Waals surface area contributed by atoms with Gasteiger partial charge in [0.2, 0.25) is 0 Å². The van der Waals surface area contributed by atoms with Crippen LogP contribution in [0.3, 0.4) is 0 Å². The summed E-state index contributed by atoms with van der Waals surface area (Å²) in [7, 11) is -2.79. The van der Waals surface area contributed by atoms with E-state index in [1.165, 1.54) is 19.3 Å². The van der Waals surface area contributed by atoms with Crippen LogP contribution in [0.4, 0.5) is 0 Å². The molecule has 1 N–H and O–H groups in total. The van der Waals surface area contributed by atoms with Crippen molar-refractivity contribution in [2.75, 3.05) is 31.1 Å². The van der Waals surface area contributed by atoms with Crippen molar-refractivity contribution in [2.45, 2.75) is 52.1 Å². The maximum Gasteiger partial charge on any atom is 0.153 e. The van der Waals surface area contributed by atoms with Crippen LogP contribution in [0, 0.1) is 0 Å². The first-order valence-corrected chi connectivity index (χ1v) is 8.95. The van der Waals surface area contributed by atoms with Crippen molar-refractivity contribution in [1.29, 1.82) is 0 Å². The fourth-order valence-electron chi connectivity index (χ4n) is 2.59. The Morgan fingerprint density at radius 1 is 1.39 bits per heavy atom. The van der Waals surface area contributed by atoms with Crippen LogP contribution in [0.1, 0.15) is 40.0 Å². The Bertz CT molecular complexity index is 330. The smallest absolute Gasteiger partial charge is 0.153 e. The SMILES string of the molecule is CCCCCNCC(C)N1CCS(=O)(=O)CC1C. The molecule has 0 aromatic heterocycles. The standard InChI is InChI=1S/C13H28N2O2S/c1-4-5-6-7-14-10-12(2)15-8-9-18(16,17)11-13(15)3/h12-14H,4-11H2,1-3H3. The summed E-state index contributed by atoms with van der Waals surface area (Å²) in [5.41, 5.74) is 0. The minimum absolute atomic E-state index is 0.149. The molecule has 0 aliphatic carbocycles. The van der Waals surface area contributed by atoms with Crippen molar-refractivity contribution in [1.82, 2.24) is 10.2 Å². The molecule has 18 heavy (non-hydrogen) atoms. The predicted octanol–water partition coefficient (Wildman–Crippen LogP) is 1.27. The van der Waals surface area contributed by atoms with Crippen LogP contribution in [-0.2, 0) is 9.84 Å². The lowest BCUT2D eigenvalue weighted by Crippen LogP contribution is -2.53. The van der Waals surface area contributed by atoms with E-state index in [2.05, 4.69) is 24.1 Å². The Morgan fingerprint density at radius 2 is 2.11 bits per heavy atom. The van der Waals surface area contributed by atoms with Crippen molar-refractivity contribution in [3.63, 3.8) is 0 Å². The van der Waals surface area contributed by atoms with E-state index < -0.39 is 9.84 Å². The van der Waals surface area contributed by atoms with Crippen LogP contribution in [0.5, 0.6) is 0 Å². The van der Waals surface area contributed by atoms with Crippen molar-refractivity contribution >= 4 is 9.84 Å². The van der Waals surface area contributed by atoms with E-state index in [4.69, 9.17) is 0 Å². The summed E-state index contributed by atoms with van der Waals surface area (Å²) in [4.78, 5) is 2.31. The summed E-state index contributed by atoms with van der Waals surface area (Å²) in [5.74, 6) is 0.630. The first-order valence-electron chi connectivity index (χ1n) is 7.13. The molecular weight excluding hydrogens is 248 g/mol. The quantitative estimate of drug-likeness (QED) is 0.712. The van der Waals surface area contributed by atoms with Gasteiger partial charge in [0, 0.05) is 25.2 Å². The summed E-state index contributed by atoms with van der Waals surface area (Å²) in [6.45, 7) is 9.11. The number of nitrogens with one attached hydrogen (secondary N) is 1. The molecule has 1 aliphatic rings. The number of hydrogen-bond acceptors (Lipinski definition) is 4. The Balaban J connectivity index is 2.27. The third-order valence-electron chi connectivity index (χ3n) is 3.68. The molecule has 4 nitrogen and oxygen atoms in total. The van der Waals surface area contributed by atoms with Gasteiger partial charge in [0.25, 0.3) is 0 Å². The molecule has 2 unspecified atom stereocenters. The van der Waals surface area contributed by atoms with E-state index in [0.717, 1.165) is 13.1 Å². The van der Waals surface area contributed by atoms with Gasteiger partial charge < -0.3 is 5.32 Å². The molecule has 108 valence electrons. The van der Waals surface area contributed by atoms with Crippen molar-refractivity contribution in [3.8, 4) is 0 Å². The molecule has 1 rings (SSSR count). The Labute approximate surface area is 112 Å². The highest BCUT2D eigenvalue weighted by Gasteiger charge is 2.30. The van der Waals surface area contributed by atoms with Gasteiger partial charge in [-0.1, -0.05) is 19.8 Å². The lowest BCUT2D eigenvalue weighted by molar-refractivity contribution is 0.165. The van der Waals surface area contributed by atoms with Crippen LogP contribution in [0.2, 0.25) is 0 Å². The zero-order chi connectivity index (χ0) is 13.6. The van der Waals surface area contributed by atoms with Gasteiger partial charge in [0.15, 0.2) is 9.84 Å². The van der Waals surface area contributed by atoms with Gasteiger partial charge in [-0.25, -0.2) is 8.42 Å². The fourth-order valence-corrected chi connectivity index (χ4v) is 4.18. The number of sulfone groups is 1. The fraction of sp³-hybridized carbons (Fsp3) is 1.00. The molecule has 0 amide bonds. The monoisotopic (exact) mass is 276 g/mol. The Hall–Kier alpha value is -0.130. The molecule has 0 aromatic rings. The molecule has 1 heterocycles. The molecule has 0 bridgehead atoms. The number of nitrogens with zero attached hydrogens (tertiary/aromatic N) is 1. The molecule has 0 spiro atoms. The zero-order valence-corrected chi connectivity index (χ0v) is 12.8. The van der Waals surface area contributed by atoms with E-state index in [0.29, 0.717) is 24.1 Å². The van der Waals surface area contributed by atoms with Gasteiger partial charge in [-0.2, -0.15) is 0 Å². The van der Waals surface area contributed by atoms with E-state index >= 15 is 0 Å². The van der Waals surface area contributed by atoms with Gasteiger partial charge >= 0.3 is 0 Å². The normalized spacial score (nSPS) is 26.1.